The maximum Gasteiger partial charge on any atom is 0.165 e. The monoisotopic (exact) mass is 248 g/mol. The number of hydrogen-bond donors (Lipinski definition) is 0. The van der Waals surface area contributed by atoms with E-state index < -0.39 is 0 Å². The molecule has 1 heterocycles. The highest BCUT2D eigenvalue weighted by Gasteiger charge is 2.30. The van der Waals surface area contributed by atoms with Gasteiger partial charge in [-0.25, -0.2) is 0 Å². The molecule has 0 amide bonds. The maximum absolute atomic E-state index is 11.6. The number of carbonyl (C=O) groups is 1. The predicted octanol–water partition coefficient (Wildman–Crippen LogP) is 3.05. The lowest BCUT2D eigenvalue weighted by Gasteiger charge is -2.00. The molecule has 1 atom stereocenters. The van der Waals surface area contributed by atoms with Crippen LogP contribution in [0.1, 0.15) is 27.6 Å². The zero-order valence-electron chi connectivity index (χ0n) is 8.03. The van der Waals surface area contributed by atoms with Crippen molar-refractivity contribution in [3.8, 4) is 12.1 Å². The second-order valence-electron chi connectivity index (χ2n) is 3.37. The third-order valence-corrected chi connectivity index (χ3v) is 3.78. The van der Waals surface area contributed by atoms with Crippen LogP contribution in [-0.2, 0) is 0 Å². The van der Waals surface area contributed by atoms with Gasteiger partial charge in [-0.2, -0.15) is 10.5 Å². The van der Waals surface area contributed by atoms with Crippen molar-refractivity contribution in [3.63, 3.8) is 0 Å². The Balaban J connectivity index is 2.42. The fourth-order valence-electron chi connectivity index (χ4n) is 1.71. The minimum absolute atomic E-state index is 0.0228. The van der Waals surface area contributed by atoms with Crippen molar-refractivity contribution in [1.29, 1.82) is 10.5 Å². The molecule has 1 aromatic heterocycles. The average Bonchev–Trinajstić information content (AvgIpc) is 2.76. The molecule has 78 valence electrons. The number of carbonyl (C=O) groups excluding carboxylic acids is 1. The first-order chi connectivity index (χ1) is 7.65. The molecular formula is C11H5ClN2OS. The summed E-state index contributed by atoms with van der Waals surface area (Å²) in [4.78, 5) is 12.5. The highest BCUT2D eigenvalue weighted by molar-refractivity contribution is 7.16. The van der Waals surface area contributed by atoms with E-state index in [1.807, 2.05) is 0 Å². The quantitative estimate of drug-likeness (QED) is 0.718. The lowest BCUT2D eigenvalue weighted by atomic mass is 10.1. The number of fused-ring (bicyclic) bond motifs is 1. The van der Waals surface area contributed by atoms with Gasteiger partial charge in [-0.1, -0.05) is 11.6 Å². The van der Waals surface area contributed by atoms with Gasteiger partial charge in [0.2, 0.25) is 0 Å². The number of hydrogen-bond acceptors (Lipinski definition) is 4. The maximum atomic E-state index is 11.6. The molecule has 1 unspecified atom stereocenters. The third-order valence-electron chi connectivity index (χ3n) is 2.38. The van der Waals surface area contributed by atoms with E-state index in [2.05, 4.69) is 0 Å². The first kappa shape index (κ1) is 10.9. The van der Waals surface area contributed by atoms with Crippen molar-refractivity contribution in [2.45, 2.75) is 12.3 Å². The highest BCUT2D eigenvalue weighted by atomic mass is 35.5. The molecule has 16 heavy (non-hydrogen) atoms. The van der Waals surface area contributed by atoms with Crippen LogP contribution in [0.2, 0.25) is 4.34 Å². The van der Waals surface area contributed by atoms with Crippen LogP contribution in [0.4, 0.5) is 0 Å². The molecule has 0 spiro atoms. The van der Waals surface area contributed by atoms with Gasteiger partial charge in [-0.3, -0.25) is 4.79 Å². The summed E-state index contributed by atoms with van der Waals surface area (Å²) in [6.45, 7) is 0. The summed E-state index contributed by atoms with van der Waals surface area (Å²) in [5.74, 6) is -0.149. The number of Topliss-reactive ketones (excluding diaryl/α,β-unsaturated/α-hetero) is 1. The SMILES string of the molecule is N#CC(C#N)=CC1CC(=O)c2cc(Cl)sc21. The second-order valence-corrected chi connectivity index (χ2v) is 5.08. The molecule has 3 nitrogen and oxygen atoms in total. The van der Waals surface area contributed by atoms with E-state index in [1.54, 1.807) is 18.2 Å². The van der Waals surface area contributed by atoms with Crippen LogP contribution >= 0.6 is 22.9 Å². The molecule has 0 bridgehead atoms. The number of rotatable bonds is 1. The fraction of sp³-hybridized carbons (Fsp3) is 0.182. The predicted molar refractivity (Wildman–Crippen MR) is 60.3 cm³/mol. The van der Waals surface area contributed by atoms with E-state index in [9.17, 15) is 4.79 Å². The number of nitrogens with zero attached hydrogens (tertiary/aromatic N) is 2. The van der Waals surface area contributed by atoms with Crippen molar-refractivity contribution in [2.24, 2.45) is 0 Å². The average molecular weight is 249 g/mol. The minimum atomic E-state index is -0.172. The first-order valence-electron chi connectivity index (χ1n) is 4.50. The Morgan fingerprint density at radius 1 is 1.56 bits per heavy atom. The van der Waals surface area contributed by atoms with E-state index in [0.29, 0.717) is 16.3 Å². The van der Waals surface area contributed by atoms with Gasteiger partial charge < -0.3 is 0 Å². The Kier molecular flexibility index (Phi) is 2.78. The summed E-state index contributed by atoms with van der Waals surface area (Å²) in [7, 11) is 0. The molecule has 0 aliphatic heterocycles. The van der Waals surface area contributed by atoms with Crippen LogP contribution in [0.15, 0.2) is 17.7 Å². The molecule has 2 rings (SSSR count). The summed E-state index contributed by atoms with van der Waals surface area (Å²) in [6.07, 6.45) is 1.86. The van der Waals surface area contributed by atoms with Crippen LogP contribution in [0.5, 0.6) is 0 Å². The van der Waals surface area contributed by atoms with E-state index in [4.69, 9.17) is 22.1 Å². The number of halogens is 1. The smallest absolute Gasteiger partial charge is 0.165 e. The molecular weight excluding hydrogens is 244 g/mol. The van der Waals surface area contributed by atoms with E-state index >= 15 is 0 Å². The van der Waals surface area contributed by atoms with Gasteiger partial charge in [0, 0.05) is 22.8 Å². The van der Waals surface area contributed by atoms with Crippen molar-refractivity contribution in [3.05, 3.63) is 32.5 Å². The number of nitriles is 2. The lowest BCUT2D eigenvalue weighted by molar-refractivity contribution is 0.0992. The van der Waals surface area contributed by atoms with Gasteiger partial charge in [0.1, 0.15) is 17.7 Å². The summed E-state index contributed by atoms with van der Waals surface area (Å²) >= 11 is 7.16. The molecule has 0 fully saturated rings. The van der Waals surface area contributed by atoms with Crippen LogP contribution in [0.3, 0.4) is 0 Å². The summed E-state index contributed by atoms with van der Waals surface area (Å²) in [6, 6.07) is 5.23. The number of ketones is 1. The molecule has 0 aromatic carbocycles. The molecule has 5 heteroatoms. The van der Waals surface area contributed by atoms with Crippen molar-refractivity contribution in [1.82, 2.24) is 0 Å². The number of allylic oxidation sites excluding steroid dienone is 2. The zero-order chi connectivity index (χ0) is 11.7. The fourth-order valence-corrected chi connectivity index (χ4v) is 3.04. The molecule has 0 saturated heterocycles. The summed E-state index contributed by atoms with van der Waals surface area (Å²) in [5, 5.41) is 17.3. The van der Waals surface area contributed by atoms with Gasteiger partial charge in [0.05, 0.1) is 4.34 Å². The number of thiophene rings is 1. The summed E-state index contributed by atoms with van der Waals surface area (Å²) in [5.41, 5.74) is 0.668. The van der Waals surface area contributed by atoms with Crippen LogP contribution < -0.4 is 0 Å². The molecule has 1 aromatic rings. The van der Waals surface area contributed by atoms with E-state index in [-0.39, 0.29) is 17.3 Å². The van der Waals surface area contributed by atoms with Gasteiger partial charge >= 0.3 is 0 Å². The molecule has 1 aliphatic carbocycles. The van der Waals surface area contributed by atoms with Gasteiger partial charge in [0.15, 0.2) is 5.78 Å². The van der Waals surface area contributed by atoms with Crippen LogP contribution in [-0.4, -0.2) is 5.78 Å². The van der Waals surface area contributed by atoms with Gasteiger partial charge in [-0.15, -0.1) is 11.3 Å². The summed E-state index contributed by atoms with van der Waals surface area (Å²) < 4.78 is 0.562. The van der Waals surface area contributed by atoms with Gasteiger partial charge in [0.25, 0.3) is 0 Å². The van der Waals surface area contributed by atoms with Crippen molar-refractivity contribution in [2.75, 3.05) is 0 Å². The van der Waals surface area contributed by atoms with Crippen molar-refractivity contribution >= 4 is 28.7 Å². The molecule has 0 saturated carbocycles. The molecule has 0 radical (unpaired) electrons. The Hall–Kier alpha value is -1.62. The zero-order valence-corrected chi connectivity index (χ0v) is 9.60. The third kappa shape index (κ3) is 1.74. The van der Waals surface area contributed by atoms with Gasteiger partial charge in [-0.05, 0) is 12.1 Å². The topological polar surface area (TPSA) is 64.7 Å². The largest absolute Gasteiger partial charge is 0.294 e. The second kappa shape index (κ2) is 4.09. The molecule has 1 aliphatic rings. The van der Waals surface area contributed by atoms with E-state index in [0.717, 1.165) is 4.88 Å². The first-order valence-corrected chi connectivity index (χ1v) is 5.69. The Bertz CT molecular complexity index is 558. The normalized spacial score (nSPS) is 17.4. The van der Waals surface area contributed by atoms with Crippen LogP contribution in [0.25, 0.3) is 0 Å². The highest BCUT2D eigenvalue weighted by Crippen LogP contribution is 2.42. The Morgan fingerprint density at radius 3 is 2.88 bits per heavy atom. The van der Waals surface area contributed by atoms with Crippen LogP contribution in [0, 0.1) is 22.7 Å². The van der Waals surface area contributed by atoms with Crippen molar-refractivity contribution < 1.29 is 4.79 Å². The van der Waals surface area contributed by atoms with E-state index in [1.165, 1.54) is 17.4 Å². The molecule has 0 N–H and O–H groups in total. The Morgan fingerprint density at radius 2 is 2.25 bits per heavy atom. The minimum Gasteiger partial charge on any atom is -0.294 e. The standard InChI is InChI=1S/C11H5ClN2OS/c12-10-3-8-9(15)2-7(11(8)16-10)1-6(4-13)5-14/h1,3,7H,2H2. The lowest BCUT2D eigenvalue weighted by Crippen LogP contribution is -1.91. The Labute approximate surface area is 101 Å².